The third-order valence-electron chi connectivity index (χ3n) is 3.00. The summed E-state index contributed by atoms with van der Waals surface area (Å²) in [6, 6.07) is 11.3. The van der Waals surface area contributed by atoms with Gasteiger partial charge in [-0.15, -0.1) is 0 Å². The van der Waals surface area contributed by atoms with Gasteiger partial charge < -0.3 is 5.32 Å². The first-order chi connectivity index (χ1) is 10.5. The number of hydrogen-bond acceptors (Lipinski definition) is 1. The molecular formula is C17H14Cl2FNO. The third-order valence-corrected chi connectivity index (χ3v) is 3.57. The first-order valence-electron chi connectivity index (χ1n) is 6.70. The molecule has 1 amide bonds. The Balaban J connectivity index is 1.82. The van der Waals surface area contributed by atoms with Crippen LogP contribution in [-0.2, 0) is 11.2 Å². The van der Waals surface area contributed by atoms with E-state index in [1.165, 1.54) is 18.2 Å². The highest BCUT2D eigenvalue weighted by Crippen LogP contribution is 2.21. The highest BCUT2D eigenvalue weighted by Gasteiger charge is 2.00. The number of rotatable bonds is 5. The molecule has 0 heterocycles. The summed E-state index contributed by atoms with van der Waals surface area (Å²) in [4.78, 5) is 11.7. The topological polar surface area (TPSA) is 29.1 Å². The number of halogens is 3. The van der Waals surface area contributed by atoms with E-state index < -0.39 is 0 Å². The first-order valence-corrected chi connectivity index (χ1v) is 7.45. The fourth-order valence-corrected chi connectivity index (χ4v) is 2.31. The molecule has 22 heavy (non-hydrogen) atoms. The van der Waals surface area contributed by atoms with Gasteiger partial charge in [-0.05, 0) is 47.9 Å². The molecular weight excluding hydrogens is 324 g/mol. The van der Waals surface area contributed by atoms with Crippen LogP contribution in [0, 0.1) is 5.82 Å². The molecule has 0 atom stereocenters. The second kappa shape index (κ2) is 7.97. The van der Waals surface area contributed by atoms with Crippen molar-refractivity contribution in [3.63, 3.8) is 0 Å². The molecule has 1 N–H and O–H groups in total. The summed E-state index contributed by atoms with van der Waals surface area (Å²) in [6.07, 6.45) is 3.69. The van der Waals surface area contributed by atoms with E-state index in [4.69, 9.17) is 23.2 Å². The lowest BCUT2D eigenvalue weighted by atomic mass is 10.1. The Morgan fingerprint density at radius 1 is 1.14 bits per heavy atom. The van der Waals surface area contributed by atoms with Gasteiger partial charge in [-0.3, -0.25) is 4.79 Å². The molecule has 0 fully saturated rings. The molecule has 0 saturated heterocycles. The smallest absolute Gasteiger partial charge is 0.244 e. The van der Waals surface area contributed by atoms with E-state index in [1.807, 2.05) is 0 Å². The SMILES string of the molecule is O=C(/C=C/c1ccc(Cl)cc1Cl)NCCc1ccc(F)cc1. The molecule has 0 aliphatic heterocycles. The molecule has 2 rings (SSSR count). The van der Waals surface area contributed by atoms with Crippen LogP contribution in [0.25, 0.3) is 6.08 Å². The van der Waals surface area contributed by atoms with Gasteiger partial charge in [-0.1, -0.05) is 41.4 Å². The quantitative estimate of drug-likeness (QED) is 0.799. The van der Waals surface area contributed by atoms with Crippen LogP contribution in [0.2, 0.25) is 10.0 Å². The lowest BCUT2D eigenvalue weighted by Crippen LogP contribution is -2.23. The summed E-state index contributed by atoms with van der Waals surface area (Å²) >= 11 is 11.8. The van der Waals surface area contributed by atoms with Crippen LogP contribution in [0.1, 0.15) is 11.1 Å². The Bertz CT molecular complexity index is 684. The molecule has 0 bridgehead atoms. The average molecular weight is 338 g/mol. The van der Waals surface area contributed by atoms with E-state index >= 15 is 0 Å². The van der Waals surface area contributed by atoms with Crippen molar-refractivity contribution < 1.29 is 9.18 Å². The molecule has 0 spiro atoms. The molecule has 0 saturated carbocycles. The van der Waals surface area contributed by atoms with Crippen molar-refractivity contribution in [2.75, 3.05) is 6.54 Å². The summed E-state index contributed by atoms with van der Waals surface area (Å²) in [5.41, 5.74) is 1.69. The highest BCUT2D eigenvalue weighted by atomic mass is 35.5. The van der Waals surface area contributed by atoms with Gasteiger partial charge >= 0.3 is 0 Å². The van der Waals surface area contributed by atoms with Gasteiger partial charge in [0, 0.05) is 22.7 Å². The molecule has 5 heteroatoms. The van der Waals surface area contributed by atoms with Gasteiger partial charge in [0.1, 0.15) is 5.82 Å². The number of amides is 1. The zero-order chi connectivity index (χ0) is 15.9. The van der Waals surface area contributed by atoms with Crippen LogP contribution in [0.4, 0.5) is 4.39 Å². The molecule has 0 aliphatic carbocycles. The molecule has 0 aliphatic rings. The fraction of sp³-hybridized carbons (Fsp3) is 0.118. The van der Waals surface area contributed by atoms with E-state index in [9.17, 15) is 9.18 Å². The van der Waals surface area contributed by atoms with Crippen molar-refractivity contribution in [2.24, 2.45) is 0 Å². The lowest BCUT2D eigenvalue weighted by molar-refractivity contribution is -0.116. The fourth-order valence-electron chi connectivity index (χ4n) is 1.84. The summed E-state index contributed by atoms with van der Waals surface area (Å²) in [6.45, 7) is 0.475. The maximum Gasteiger partial charge on any atom is 0.244 e. The van der Waals surface area contributed by atoms with E-state index in [-0.39, 0.29) is 11.7 Å². The monoisotopic (exact) mass is 337 g/mol. The van der Waals surface area contributed by atoms with Crippen LogP contribution in [-0.4, -0.2) is 12.5 Å². The van der Waals surface area contributed by atoms with Gasteiger partial charge in [0.15, 0.2) is 0 Å². The lowest BCUT2D eigenvalue weighted by Gasteiger charge is -2.03. The zero-order valence-corrected chi connectivity index (χ0v) is 13.2. The predicted molar refractivity (Wildman–Crippen MR) is 88.6 cm³/mol. The normalized spacial score (nSPS) is 10.9. The van der Waals surface area contributed by atoms with Crippen molar-refractivity contribution in [1.29, 1.82) is 0 Å². The van der Waals surface area contributed by atoms with Gasteiger partial charge in [-0.2, -0.15) is 0 Å². The first kappa shape index (κ1) is 16.5. The van der Waals surface area contributed by atoms with Crippen molar-refractivity contribution in [3.05, 3.63) is 75.5 Å². The van der Waals surface area contributed by atoms with Gasteiger partial charge in [0.25, 0.3) is 0 Å². The maximum absolute atomic E-state index is 12.8. The van der Waals surface area contributed by atoms with Gasteiger partial charge in [0.05, 0.1) is 0 Å². The summed E-state index contributed by atoms with van der Waals surface area (Å²) in [5, 5.41) is 3.79. The molecule has 2 nitrogen and oxygen atoms in total. The summed E-state index contributed by atoms with van der Waals surface area (Å²) in [5.74, 6) is -0.483. The van der Waals surface area contributed by atoms with Crippen LogP contribution in [0.3, 0.4) is 0 Å². The van der Waals surface area contributed by atoms with Crippen molar-refractivity contribution in [3.8, 4) is 0 Å². The minimum absolute atomic E-state index is 0.215. The van der Waals surface area contributed by atoms with Crippen LogP contribution < -0.4 is 5.32 Å². The van der Waals surface area contributed by atoms with Crippen molar-refractivity contribution >= 4 is 35.2 Å². The minimum Gasteiger partial charge on any atom is -0.352 e. The number of hydrogen-bond donors (Lipinski definition) is 1. The zero-order valence-electron chi connectivity index (χ0n) is 11.7. The van der Waals surface area contributed by atoms with Gasteiger partial charge in [-0.25, -0.2) is 4.39 Å². The van der Waals surface area contributed by atoms with E-state index in [0.717, 1.165) is 11.1 Å². The number of carbonyl (C=O) groups excluding carboxylic acids is 1. The van der Waals surface area contributed by atoms with Crippen LogP contribution in [0.15, 0.2) is 48.5 Å². The average Bonchev–Trinajstić information content (AvgIpc) is 2.48. The third kappa shape index (κ3) is 5.17. The van der Waals surface area contributed by atoms with Crippen LogP contribution >= 0.6 is 23.2 Å². The Labute approximate surface area is 138 Å². The molecule has 2 aromatic carbocycles. The summed E-state index contributed by atoms with van der Waals surface area (Å²) < 4.78 is 12.8. The molecule has 0 radical (unpaired) electrons. The Morgan fingerprint density at radius 2 is 1.86 bits per heavy atom. The maximum atomic E-state index is 12.8. The Hall–Kier alpha value is -1.84. The number of nitrogens with one attached hydrogen (secondary N) is 1. The summed E-state index contributed by atoms with van der Waals surface area (Å²) in [7, 11) is 0. The number of benzene rings is 2. The second-order valence-corrected chi connectivity index (χ2v) is 5.51. The Morgan fingerprint density at radius 3 is 2.55 bits per heavy atom. The molecule has 2 aromatic rings. The molecule has 114 valence electrons. The van der Waals surface area contributed by atoms with E-state index in [2.05, 4.69) is 5.32 Å². The van der Waals surface area contributed by atoms with E-state index in [1.54, 1.807) is 36.4 Å². The molecule has 0 aromatic heterocycles. The number of carbonyl (C=O) groups is 1. The predicted octanol–water partition coefficient (Wildman–Crippen LogP) is 4.50. The standard InChI is InChI=1S/C17H14Cl2FNO/c18-14-5-3-13(16(19)11-14)4-8-17(22)21-10-9-12-1-6-15(20)7-2-12/h1-8,11H,9-10H2,(H,21,22)/b8-4+. The second-order valence-electron chi connectivity index (χ2n) is 4.67. The van der Waals surface area contributed by atoms with Crippen molar-refractivity contribution in [1.82, 2.24) is 5.32 Å². The van der Waals surface area contributed by atoms with Gasteiger partial charge in [0.2, 0.25) is 5.91 Å². The molecule has 0 unspecified atom stereocenters. The van der Waals surface area contributed by atoms with E-state index in [0.29, 0.717) is 23.0 Å². The highest BCUT2D eigenvalue weighted by molar-refractivity contribution is 6.35. The van der Waals surface area contributed by atoms with Crippen LogP contribution in [0.5, 0.6) is 0 Å². The largest absolute Gasteiger partial charge is 0.352 e. The Kier molecular flexibility index (Phi) is 5.99. The minimum atomic E-state index is -0.268. The van der Waals surface area contributed by atoms with Crippen molar-refractivity contribution in [2.45, 2.75) is 6.42 Å².